The second-order valence-electron chi connectivity index (χ2n) is 8.48. The molecule has 0 atom stereocenters. The number of hydrogen-bond acceptors (Lipinski definition) is 3. The molecule has 0 fully saturated rings. The van der Waals surface area contributed by atoms with Crippen molar-refractivity contribution in [2.45, 2.75) is 135 Å². The molecule has 2 N–H and O–H groups in total. The third-order valence-electron chi connectivity index (χ3n) is 5.64. The van der Waals surface area contributed by atoms with Crippen molar-refractivity contribution in [3.63, 3.8) is 0 Å². The van der Waals surface area contributed by atoms with Gasteiger partial charge in [-0.1, -0.05) is 109 Å². The number of ether oxygens (including phenoxy) is 1. The predicted octanol–water partition coefficient (Wildman–Crippen LogP) is 7.18. The van der Waals surface area contributed by atoms with Gasteiger partial charge in [0.25, 0.3) is 0 Å². The first-order valence-corrected chi connectivity index (χ1v) is 12.7. The second kappa shape index (κ2) is 26.9. The number of hydrogen-bond donors (Lipinski definition) is 2. The third kappa shape index (κ3) is 25.9. The zero-order chi connectivity index (χ0) is 20.4. The van der Waals surface area contributed by atoms with Crippen LogP contribution in [0.4, 0.5) is 0 Å². The van der Waals surface area contributed by atoms with E-state index in [1.165, 1.54) is 122 Å². The van der Waals surface area contributed by atoms with Gasteiger partial charge in [-0.15, -0.1) is 0 Å². The van der Waals surface area contributed by atoms with E-state index < -0.39 is 0 Å². The van der Waals surface area contributed by atoms with Gasteiger partial charge in [-0.25, -0.2) is 0 Å². The van der Waals surface area contributed by atoms with E-state index in [0.29, 0.717) is 13.2 Å². The summed E-state index contributed by atoms with van der Waals surface area (Å²) in [6, 6.07) is 0. The highest BCUT2D eigenvalue weighted by molar-refractivity contribution is 4.50. The van der Waals surface area contributed by atoms with Crippen LogP contribution in [-0.2, 0) is 4.74 Å². The van der Waals surface area contributed by atoms with E-state index in [1.54, 1.807) is 0 Å². The quantitative estimate of drug-likeness (QED) is 0.160. The summed E-state index contributed by atoms with van der Waals surface area (Å²) in [5, 5.41) is 17.5. The van der Waals surface area contributed by atoms with Gasteiger partial charge in [-0.3, -0.25) is 0 Å². The van der Waals surface area contributed by atoms with Crippen LogP contribution in [0.1, 0.15) is 135 Å². The van der Waals surface area contributed by atoms with Gasteiger partial charge in [0, 0.05) is 26.4 Å². The summed E-state index contributed by atoms with van der Waals surface area (Å²) in [5.74, 6) is 0. The van der Waals surface area contributed by atoms with Gasteiger partial charge in [0.2, 0.25) is 0 Å². The van der Waals surface area contributed by atoms with E-state index >= 15 is 0 Å². The van der Waals surface area contributed by atoms with Crippen molar-refractivity contribution < 1.29 is 14.9 Å². The van der Waals surface area contributed by atoms with Crippen LogP contribution in [0.2, 0.25) is 0 Å². The minimum absolute atomic E-state index is 0.357. The van der Waals surface area contributed by atoms with Gasteiger partial charge in [0.1, 0.15) is 0 Å². The van der Waals surface area contributed by atoms with E-state index in [0.717, 1.165) is 26.1 Å². The van der Waals surface area contributed by atoms with Crippen molar-refractivity contribution in [1.29, 1.82) is 0 Å². The van der Waals surface area contributed by atoms with Crippen LogP contribution in [0.15, 0.2) is 0 Å². The number of aliphatic hydroxyl groups is 2. The maximum atomic E-state index is 8.73. The van der Waals surface area contributed by atoms with Crippen LogP contribution in [0.3, 0.4) is 0 Å². The first kappa shape index (κ1) is 27.9. The van der Waals surface area contributed by atoms with Gasteiger partial charge in [0.05, 0.1) is 0 Å². The molecule has 0 aliphatic heterocycles. The first-order chi connectivity index (χ1) is 13.9. The van der Waals surface area contributed by atoms with Crippen LogP contribution in [0.5, 0.6) is 0 Å². The van der Waals surface area contributed by atoms with E-state index in [1.807, 2.05) is 0 Å². The molecule has 3 heteroatoms. The lowest BCUT2D eigenvalue weighted by Crippen LogP contribution is -1.97. The lowest BCUT2D eigenvalue weighted by molar-refractivity contribution is 0.125. The van der Waals surface area contributed by atoms with Crippen molar-refractivity contribution in [1.82, 2.24) is 0 Å². The van der Waals surface area contributed by atoms with Crippen LogP contribution >= 0.6 is 0 Å². The Bertz CT molecular complexity index is 232. The Labute approximate surface area is 176 Å². The van der Waals surface area contributed by atoms with Gasteiger partial charge in [-0.2, -0.15) is 0 Å². The molecule has 170 valence electrons. The Morgan fingerprint density at radius 2 is 0.500 bits per heavy atom. The number of unbranched alkanes of at least 4 members (excludes halogenated alkanes) is 19. The fraction of sp³-hybridized carbons (Fsp3) is 1.00. The van der Waals surface area contributed by atoms with Crippen molar-refractivity contribution in [2.75, 3.05) is 26.4 Å². The predicted molar refractivity (Wildman–Crippen MR) is 122 cm³/mol. The molecule has 0 aromatic heterocycles. The fourth-order valence-electron chi connectivity index (χ4n) is 3.74. The molecule has 3 nitrogen and oxygen atoms in total. The Balaban J connectivity index is 2.96. The van der Waals surface area contributed by atoms with Crippen LogP contribution in [0, 0.1) is 0 Å². The van der Waals surface area contributed by atoms with Crippen LogP contribution in [0.25, 0.3) is 0 Å². The smallest absolute Gasteiger partial charge is 0.0466 e. The molecule has 0 saturated carbocycles. The summed E-state index contributed by atoms with van der Waals surface area (Å²) in [6.07, 6.45) is 27.1. The normalized spacial score (nSPS) is 11.4. The highest BCUT2D eigenvalue weighted by Gasteiger charge is 1.96. The summed E-state index contributed by atoms with van der Waals surface area (Å²) < 4.78 is 5.77. The molecule has 0 amide bonds. The van der Waals surface area contributed by atoms with Crippen molar-refractivity contribution in [2.24, 2.45) is 0 Å². The average Bonchev–Trinajstić information content (AvgIpc) is 2.71. The molecule has 0 aromatic carbocycles. The zero-order valence-corrected chi connectivity index (χ0v) is 19.0. The molecule has 0 unspecified atom stereocenters. The van der Waals surface area contributed by atoms with E-state index in [9.17, 15) is 0 Å². The summed E-state index contributed by atoms with van der Waals surface area (Å²) in [7, 11) is 0. The summed E-state index contributed by atoms with van der Waals surface area (Å²) in [4.78, 5) is 0. The molecule has 0 rings (SSSR count). The molecule has 0 radical (unpaired) electrons. The zero-order valence-electron chi connectivity index (χ0n) is 19.0. The highest BCUT2D eigenvalue weighted by atomic mass is 16.5. The van der Waals surface area contributed by atoms with Gasteiger partial charge in [-0.05, 0) is 25.7 Å². The standard InChI is InChI=1S/C25H52O3/c26-22-18-14-10-6-2-1-4-8-12-16-20-24-28-25-21-17-13-9-5-3-7-11-15-19-23-27/h26-27H,1-25H2. The van der Waals surface area contributed by atoms with Crippen LogP contribution in [-0.4, -0.2) is 36.6 Å². The van der Waals surface area contributed by atoms with Gasteiger partial charge in [0.15, 0.2) is 0 Å². The lowest BCUT2D eigenvalue weighted by Gasteiger charge is -2.05. The monoisotopic (exact) mass is 400 g/mol. The first-order valence-electron chi connectivity index (χ1n) is 12.7. The van der Waals surface area contributed by atoms with Crippen molar-refractivity contribution >= 4 is 0 Å². The molecular weight excluding hydrogens is 348 g/mol. The topological polar surface area (TPSA) is 49.7 Å². The fourth-order valence-corrected chi connectivity index (χ4v) is 3.74. The molecule has 0 spiro atoms. The number of aliphatic hydroxyl groups excluding tert-OH is 2. The molecular formula is C25H52O3. The highest BCUT2D eigenvalue weighted by Crippen LogP contribution is 2.12. The minimum atomic E-state index is 0.357. The van der Waals surface area contributed by atoms with E-state index in [-0.39, 0.29) is 0 Å². The van der Waals surface area contributed by atoms with Crippen LogP contribution < -0.4 is 0 Å². The Kier molecular flexibility index (Phi) is 26.8. The van der Waals surface area contributed by atoms with Gasteiger partial charge < -0.3 is 14.9 Å². The minimum Gasteiger partial charge on any atom is -0.396 e. The summed E-state index contributed by atoms with van der Waals surface area (Å²) in [5.41, 5.74) is 0. The second-order valence-corrected chi connectivity index (χ2v) is 8.48. The molecule has 0 aromatic rings. The van der Waals surface area contributed by atoms with E-state index in [4.69, 9.17) is 14.9 Å². The molecule has 28 heavy (non-hydrogen) atoms. The molecule has 0 saturated heterocycles. The van der Waals surface area contributed by atoms with Crippen molar-refractivity contribution in [3.05, 3.63) is 0 Å². The maximum Gasteiger partial charge on any atom is 0.0466 e. The SMILES string of the molecule is OCCCCCCCCCCCCCOCCCCCCCCCCCCO. The average molecular weight is 401 g/mol. The Hall–Kier alpha value is -0.120. The Morgan fingerprint density at radius 1 is 0.286 bits per heavy atom. The Morgan fingerprint density at radius 3 is 0.750 bits per heavy atom. The largest absolute Gasteiger partial charge is 0.396 e. The maximum absolute atomic E-state index is 8.73. The molecule has 0 aliphatic carbocycles. The third-order valence-corrected chi connectivity index (χ3v) is 5.64. The summed E-state index contributed by atoms with van der Waals surface area (Å²) in [6.45, 7) is 2.63. The number of rotatable bonds is 25. The van der Waals surface area contributed by atoms with Crippen molar-refractivity contribution in [3.8, 4) is 0 Å². The van der Waals surface area contributed by atoms with Gasteiger partial charge >= 0.3 is 0 Å². The van der Waals surface area contributed by atoms with E-state index in [2.05, 4.69) is 0 Å². The molecule has 0 heterocycles. The lowest BCUT2D eigenvalue weighted by atomic mass is 10.1. The molecule has 0 aliphatic rings. The molecule has 0 bridgehead atoms. The summed E-state index contributed by atoms with van der Waals surface area (Å²) >= 11 is 0.